The maximum atomic E-state index is 13.2. The van der Waals surface area contributed by atoms with E-state index < -0.39 is 11.6 Å². The lowest BCUT2D eigenvalue weighted by atomic mass is 10.3. The average Bonchev–Trinajstić information content (AvgIpc) is 2.77. The number of benzene rings is 1. The summed E-state index contributed by atoms with van der Waals surface area (Å²) in [5.74, 6) is -1.05. The van der Waals surface area contributed by atoms with E-state index in [-0.39, 0.29) is 11.6 Å². The van der Waals surface area contributed by atoms with E-state index in [1.807, 2.05) is 13.8 Å². The van der Waals surface area contributed by atoms with Gasteiger partial charge in [-0.15, -0.1) is 11.3 Å². The second-order valence-corrected chi connectivity index (χ2v) is 5.90. The molecule has 0 radical (unpaired) electrons. The van der Waals surface area contributed by atoms with Gasteiger partial charge in [-0.3, -0.25) is 0 Å². The predicted octanol–water partition coefficient (Wildman–Crippen LogP) is 4.24. The molecule has 0 aliphatic carbocycles. The Bertz CT molecular complexity index is 812. The van der Waals surface area contributed by atoms with Crippen LogP contribution in [0.1, 0.15) is 10.7 Å². The van der Waals surface area contributed by atoms with Crippen LogP contribution in [0.4, 0.5) is 20.4 Å². The maximum absolute atomic E-state index is 13.2. The second kappa shape index (κ2) is 5.76. The van der Waals surface area contributed by atoms with Crippen molar-refractivity contribution in [2.24, 2.45) is 0 Å². The summed E-state index contributed by atoms with van der Waals surface area (Å²) in [7, 11) is 0. The van der Waals surface area contributed by atoms with Crippen LogP contribution in [-0.2, 0) is 0 Å². The van der Waals surface area contributed by atoms with E-state index in [0.717, 1.165) is 27.3 Å². The molecule has 0 saturated carbocycles. The van der Waals surface area contributed by atoms with E-state index in [9.17, 15) is 8.78 Å². The summed E-state index contributed by atoms with van der Waals surface area (Å²) in [6.07, 6.45) is 1.59. The molecule has 2 heterocycles. The third-order valence-corrected chi connectivity index (χ3v) is 4.01. The zero-order valence-electron chi connectivity index (χ0n) is 11.9. The summed E-state index contributed by atoms with van der Waals surface area (Å²) in [6.45, 7) is 3.84. The highest BCUT2D eigenvalue weighted by molar-refractivity contribution is 7.15. The van der Waals surface area contributed by atoms with Gasteiger partial charge >= 0.3 is 0 Å². The first-order valence-corrected chi connectivity index (χ1v) is 7.33. The van der Waals surface area contributed by atoms with E-state index in [2.05, 4.69) is 20.3 Å². The van der Waals surface area contributed by atoms with Crippen LogP contribution in [0.15, 0.2) is 30.5 Å². The number of halogens is 2. The Labute approximate surface area is 129 Å². The lowest BCUT2D eigenvalue weighted by Crippen LogP contribution is -1.98. The molecule has 7 heteroatoms. The molecule has 22 heavy (non-hydrogen) atoms. The molecule has 0 saturated heterocycles. The van der Waals surface area contributed by atoms with Crippen molar-refractivity contribution in [3.63, 3.8) is 0 Å². The first-order chi connectivity index (χ1) is 10.5. The van der Waals surface area contributed by atoms with E-state index in [1.165, 1.54) is 23.5 Å². The Kier molecular flexibility index (Phi) is 3.81. The third-order valence-electron chi connectivity index (χ3n) is 2.91. The molecule has 2 aromatic heterocycles. The van der Waals surface area contributed by atoms with Crippen molar-refractivity contribution >= 4 is 23.0 Å². The van der Waals surface area contributed by atoms with E-state index in [1.54, 1.807) is 12.3 Å². The van der Waals surface area contributed by atoms with E-state index in [0.29, 0.717) is 0 Å². The standard InChI is InChI=1S/C15H12F2N4S/c1-8-14(22-9(2)19-8)13-3-4-18-15(21-13)20-12-6-10(16)5-11(17)7-12/h3-7H,1-2H3,(H,18,20,21). The number of thiazole rings is 1. The molecule has 0 aliphatic rings. The van der Waals surface area contributed by atoms with Gasteiger partial charge in [-0.2, -0.15) is 0 Å². The Balaban J connectivity index is 1.93. The number of aromatic nitrogens is 3. The zero-order chi connectivity index (χ0) is 15.7. The quantitative estimate of drug-likeness (QED) is 0.785. The van der Waals surface area contributed by atoms with Crippen LogP contribution in [0.3, 0.4) is 0 Å². The van der Waals surface area contributed by atoms with Gasteiger partial charge in [0.15, 0.2) is 0 Å². The van der Waals surface area contributed by atoms with Crippen molar-refractivity contribution in [3.8, 4) is 10.6 Å². The van der Waals surface area contributed by atoms with Gasteiger partial charge in [0.25, 0.3) is 0 Å². The lowest BCUT2D eigenvalue weighted by molar-refractivity contribution is 0.584. The van der Waals surface area contributed by atoms with Crippen LogP contribution in [0, 0.1) is 25.5 Å². The van der Waals surface area contributed by atoms with Crippen LogP contribution in [-0.4, -0.2) is 15.0 Å². The molecule has 112 valence electrons. The summed E-state index contributed by atoms with van der Waals surface area (Å²) in [5, 5.41) is 3.76. The summed E-state index contributed by atoms with van der Waals surface area (Å²) in [4.78, 5) is 13.8. The van der Waals surface area contributed by atoms with Gasteiger partial charge in [-0.05, 0) is 32.0 Å². The molecule has 0 atom stereocenters. The number of aryl methyl sites for hydroxylation is 2. The Hall–Kier alpha value is -2.41. The zero-order valence-corrected chi connectivity index (χ0v) is 12.7. The third kappa shape index (κ3) is 3.09. The van der Waals surface area contributed by atoms with Gasteiger partial charge in [-0.25, -0.2) is 23.7 Å². The van der Waals surface area contributed by atoms with Gasteiger partial charge in [0.05, 0.1) is 21.3 Å². The van der Waals surface area contributed by atoms with Gasteiger partial charge in [0.2, 0.25) is 5.95 Å². The van der Waals surface area contributed by atoms with Crippen LogP contribution >= 0.6 is 11.3 Å². The van der Waals surface area contributed by atoms with Gasteiger partial charge < -0.3 is 5.32 Å². The minimum Gasteiger partial charge on any atom is -0.324 e. The summed E-state index contributed by atoms with van der Waals surface area (Å²) >= 11 is 1.54. The number of hydrogen-bond donors (Lipinski definition) is 1. The molecule has 0 aliphatic heterocycles. The molecule has 0 spiro atoms. The topological polar surface area (TPSA) is 50.7 Å². The number of nitrogens with zero attached hydrogens (tertiary/aromatic N) is 3. The fourth-order valence-electron chi connectivity index (χ4n) is 2.07. The summed E-state index contributed by atoms with van der Waals surface area (Å²) in [6, 6.07) is 4.95. The fourth-order valence-corrected chi connectivity index (χ4v) is 2.96. The van der Waals surface area contributed by atoms with E-state index >= 15 is 0 Å². The number of hydrogen-bond acceptors (Lipinski definition) is 5. The normalized spacial score (nSPS) is 10.7. The summed E-state index contributed by atoms with van der Waals surface area (Å²) < 4.78 is 26.4. The second-order valence-electron chi connectivity index (χ2n) is 4.70. The minimum atomic E-state index is -0.660. The molecule has 3 aromatic rings. The molecular formula is C15H12F2N4S. The molecule has 4 nitrogen and oxygen atoms in total. The van der Waals surface area contributed by atoms with Crippen molar-refractivity contribution < 1.29 is 8.78 Å². The Morgan fingerprint density at radius 3 is 2.41 bits per heavy atom. The first kappa shape index (κ1) is 14.5. The predicted molar refractivity (Wildman–Crippen MR) is 82.3 cm³/mol. The van der Waals surface area contributed by atoms with Crippen LogP contribution < -0.4 is 5.32 Å². The first-order valence-electron chi connectivity index (χ1n) is 6.52. The Morgan fingerprint density at radius 1 is 1.05 bits per heavy atom. The van der Waals surface area contributed by atoms with E-state index in [4.69, 9.17) is 0 Å². The van der Waals surface area contributed by atoms with Gasteiger partial charge in [0, 0.05) is 18.0 Å². The average molecular weight is 318 g/mol. The minimum absolute atomic E-state index is 0.256. The largest absolute Gasteiger partial charge is 0.324 e. The van der Waals surface area contributed by atoms with Gasteiger partial charge in [0.1, 0.15) is 11.6 Å². The van der Waals surface area contributed by atoms with Crippen molar-refractivity contribution in [1.29, 1.82) is 0 Å². The summed E-state index contributed by atoms with van der Waals surface area (Å²) in [5.41, 5.74) is 1.87. The molecular weight excluding hydrogens is 306 g/mol. The monoisotopic (exact) mass is 318 g/mol. The molecule has 3 rings (SSSR count). The highest BCUT2D eigenvalue weighted by Crippen LogP contribution is 2.28. The molecule has 0 bridgehead atoms. The maximum Gasteiger partial charge on any atom is 0.227 e. The fraction of sp³-hybridized carbons (Fsp3) is 0.133. The van der Waals surface area contributed by atoms with Crippen LogP contribution in [0.5, 0.6) is 0 Å². The number of rotatable bonds is 3. The van der Waals surface area contributed by atoms with Crippen LogP contribution in [0.25, 0.3) is 10.6 Å². The SMILES string of the molecule is Cc1nc(C)c(-c2ccnc(Nc3cc(F)cc(F)c3)n2)s1. The smallest absolute Gasteiger partial charge is 0.227 e. The number of nitrogens with one attached hydrogen (secondary N) is 1. The van der Waals surface area contributed by atoms with Crippen molar-refractivity contribution in [1.82, 2.24) is 15.0 Å². The molecule has 0 fully saturated rings. The highest BCUT2D eigenvalue weighted by Gasteiger charge is 2.10. The molecule has 1 aromatic carbocycles. The van der Waals surface area contributed by atoms with Crippen LogP contribution in [0.2, 0.25) is 0 Å². The van der Waals surface area contributed by atoms with Crippen molar-refractivity contribution in [2.45, 2.75) is 13.8 Å². The highest BCUT2D eigenvalue weighted by atomic mass is 32.1. The van der Waals surface area contributed by atoms with Crippen molar-refractivity contribution in [2.75, 3.05) is 5.32 Å². The number of anilines is 2. The molecule has 0 unspecified atom stereocenters. The molecule has 1 N–H and O–H groups in total. The van der Waals surface area contributed by atoms with Gasteiger partial charge in [-0.1, -0.05) is 0 Å². The Morgan fingerprint density at radius 2 is 1.77 bits per heavy atom. The molecule has 0 amide bonds. The lowest BCUT2D eigenvalue weighted by Gasteiger charge is -2.06. The van der Waals surface area contributed by atoms with Crippen molar-refractivity contribution in [3.05, 3.63) is 52.8 Å².